The summed E-state index contributed by atoms with van der Waals surface area (Å²) in [5, 5.41) is 2.52. The Bertz CT molecular complexity index is 802. The van der Waals surface area contributed by atoms with Crippen molar-refractivity contribution in [3.8, 4) is 0 Å². The van der Waals surface area contributed by atoms with Gasteiger partial charge in [-0.2, -0.15) is 4.31 Å². The predicted octanol–water partition coefficient (Wildman–Crippen LogP) is 0.498. The standard InChI is InChI=1S/C12H13ClN4O3S/c13-11-12(17-6-2-1-3-9(17)15-11)21(19,20)16-7-4-10(18)14-5-8-16/h1-3,6H,4-5,7-8H2,(H,14,18). The topological polar surface area (TPSA) is 83.8 Å². The molecule has 1 aliphatic heterocycles. The highest BCUT2D eigenvalue weighted by Crippen LogP contribution is 2.26. The van der Waals surface area contributed by atoms with Crippen molar-refractivity contribution in [3.05, 3.63) is 29.5 Å². The van der Waals surface area contributed by atoms with Gasteiger partial charge in [0.2, 0.25) is 5.91 Å². The third-order valence-corrected chi connectivity index (χ3v) is 5.60. The van der Waals surface area contributed by atoms with Gasteiger partial charge in [0.05, 0.1) is 0 Å². The molecule has 21 heavy (non-hydrogen) atoms. The zero-order valence-electron chi connectivity index (χ0n) is 11.0. The van der Waals surface area contributed by atoms with Crippen molar-refractivity contribution in [1.29, 1.82) is 0 Å². The maximum atomic E-state index is 12.8. The number of carbonyl (C=O) groups is 1. The van der Waals surface area contributed by atoms with Gasteiger partial charge < -0.3 is 5.32 Å². The normalized spacial score (nSPS) is 17.7. The molecule has 9 heteroatoms. The largest absolute Gasteiger partial charge is 0.355 e. The number of aromatic nitrogens is 2. The van der Waals surface area contributed by atoms with Gasteiger partial charge in [-0.3, -0.25) is 9.20 Å². The van der Waals surface area contributed by atoms with Gasteiger partial charge in [-0.25, -0.2) is 13.4 Å². The predicted molar refractivity (Wildman–Crippen MR) is 76.6 cm³/mol. The van der Waals surface area contributed by atoms with Crippen molar-refractivity contribution in [2.45, 2.75) is 11.4 Å². The van der Waals surface area contributed by atoms with E-state index in [0.717, 1.165) is 0 Å². The van der Waals surface area contributed by atoms with E-state index < -0.39 is 10.0 Å². The average Bonchev–Trinajstić information content (AvgIpc) is 2.62. The molecular formula is C12H13ClN4O3S. The molecule has 0 bridgehead atoms. The first-order valence-corrected chi connectivity index (χ1v) is 8.21. The SMILES string of the molecule is O=C1CCN(S(=O)(=O)c2c(Cl)nc3ccccn23)CCN1. The summed E-state index contributed by atoms with van der Waals surface area (Å²) in [4.78, 5) is 15.4. The van der Waals surface area contributed by atoms with Crippen LogP contribution in [0.25, 0.3) is 5.65 Å². The summed E-state index contributed by atoms with van der Waals surface area (Å²) in [6.45, 7) is 0.626. The average molecular weight is 329 g/mol. The first-order valence-electron chi connectivity index (χ1n) is 6.39. The number of rotatable bonds is 2. The van der Waals surface area contributed by atoms with Crippen LogP contribution in [-0.2, 0) is 14.8 Å². The number of nitrogens with one attached hydrogen (secondary N) is 1. The monoisotopic (exact) mass is 328 g/mol. The molecule has 112 valence electrons. The Kier molecular flexibility index (Phi) is 3.60. The van der Waals surface area contributed by atoms with Crippen LogP contribution < -0.4 is 5.32 Å². The van der Waals surface area contributed by atoms with Crippen LogP contribution in [0.3, 0.4) is 0 Å². The van der Waals surface area contributed by atoms with E-state index in [2.05, 4.69) is 10.3 Å². The number of sulfonamides is 1. The minimum Gasteiger partial charge on any atom is -0.355 e. The molecule has 0 atom stereocenters. The fourth-order valence-corrected chi connectivity index (χ4v) is 4.32. The molecule has 1 fully saturated rings. The lowest BCUT2D eigenvalue weighted by Crippen LogP contribution is -2.35. The first-order chi connectivity index (χ1) is 10.00. The van der Waals surface area contributed by atoms with Crippen molar-refractivity contribution >= 4 is 33.2 Å². The van der Waals surface area contributed by atoms with Crippen molar-refractivity contribution in [2.75, 3.05) is 19.6 Å². The van der Waals surface area contributed by atoms with Crippen molar-refractivity contribution in [3.63, 3.8) is 0 Å². The number of pyridine rings is 1. The summed E-state index contributed by atoms with van der Waals surface area (Å²) in [5.41, 5.74) is 0.463. The molecule has 1 N–H and O–H groups in total. The summed E-state index contributed by atoms with van der Waals surface area (Å²) in [7, 11) is -3.81. The molecule has 1 saturated heterocycles. The van der Waals surface area contributed by atoms with Crippen LogP contribution in [0.15, 0.2) is 29.4 Å². The van der Waals surface area contributed by atoms with Crippen molar-refractivity contribution in [1.82, 2.24) is 19.0 Å². The molecule has 0 unspecified atom stereocenters. The highest BCUT2D eigenvalue weighted by Gasteiger charge is 2.32. The highest BCUT2D eigenvalue weighted by atomic mass is 35.5. The summed E-state index contributed by atoms with van der Waals surface area (Å²) in [6.07, 6.45) is 1.73. The fourth-order valence-electron chi connectivity index (χ4n) is 2.28. The molecule has 0 aromatic carbocycles. The van der Waals surface area contributed by atoms with Gasteiger partial charge in [0, 0.05) is 32.3 Å². The molecular weight excluding hydrogens is 316 g/mol. The molecule has 1 amide bonds. The minimum absolute atomic E-state index is 0.0610. The van der Waals surface area contributed by atoms with E-state index in [0.29, 0.717) is 5.65 Å². The number of halogens is 1. The number of fused-ring (bicyclic) bond motifs is 1. The van der Waals surface area contributed by atoms with E-state index in [4.69, 9.17) is 11.6 Å². The van der Waals surface area contributed by atoms with E-state index >= 15 is 0 Å². The molecule has 2 aromatic rings. The van der Waals surface area contributed by atoms with Crippen LogP contribution in [0.2, 0.25) is 5.15 Å². The lowest BCUT2D eigenvalue weighted by molar-refractivity contribution is -0.120. The summed E-state index contributed by atoms with van der Waals surface area (Å²) >= 11 is 6.02. The molecule has 0 saturated carbocycles. The quantitative estimate of drug-likeness (QED) is 0.870. The van der Waals surface area contributed by atoms with Gasteiger partial charge in [0.25, 0.3) is 10.0 Å². The lowest BCUT2D eigenvalue weighted by atomic mass is 10.4. The van der Waals surface area contributed by atoms with E-state index in [-0.39, 0.29) is 42.1 Å². The van der Waals surface area contributed by atoms with E-state index in [1.807, 2.05) is 0 Å². The van der Waals surface area contributed by atoms with Crippen LogP contribution in [0, 0.1) is 0 Å². The van der Waals surface area contributed by atoms with Gasteiger partial charge in [-0.1, -0.05) is 17.7 Å². The maximum Gasteiger partial charge on any atom is 0.262 e. The molecule has 0 radical (unpaired) electrons. The second-order valence-corrected chi connectivity index (χ2v) is 6.85. The molecule has 2 aromatic heterocycles. The third-order valence-electron chi connectivity index (χ3n) is 3.30. The Labute approximate surface area is 126 Å². The number of nitrogens with zero attached hydrogens (tertiary/aromatic N) is 3. The van der Waals surface area contributed by atoms with Crippen molar-refractivity contribution < 1.29 is 13.2 Å². The number of amides is 1. The molecule has 3 heterocycles. The second-order valence-electron chi connectivity index (χ2n) is 4.64. The number of hydrogen-bond acceptors (Lipinski definition) is 4. The van der Waals surface area contributed by atoms with Crippen LogP contribution in [0.1, 0.15) is 6.42 Å². The zero-order valence-corrected chi connectivity index (χ0v) is 12.6. The summed E-state index contributed by atoms with van der Waals surface area (Å²) in [6, 6.07) is 5.14. The van der Waals surface area contributed by atoms with Gasteiger partial charge in [0.1, 0.15) is 5.65 Å². The molecule has 7 nitrogen and oxygen atoms in total. The zero-order chi connectivity index (χ0) is 15.0. The summed E-state index contributed by atoms with van der Waals surface area (Å²) in [5.74, 6) is -0.156. The van der Waals surface area contributed by atoms with Crippen LogP contribution >= 0.6 is 11.6 Å². The lowest BCUT2D eigenvalue weighted by Gasteiger charge is -2.18. The van der Waals surface area contributed by atoms with Crippen LogP contribution in [0.5, 0.6) is 0 Å². The Morgan fingerprint density at radius 1 is 1.29 bits per heavy atom. The molecule has 3 rings (SSSR count). The molecule has 0 aliphatic carbocycles. The van der Waals surface area contributed by atoms with Crippen LogP contribution in [0.4, 0.5) is 0 Å². The van der Waals surface area contributed by atoms with Crippen LogP contribution in [-0.4, -0.2) is 47.6 Å². The fraction of sp³-hybridized carbons (Fsp3) is 0.333. The van der Waals surface area contributed by atoms with Gasteiger partial charge >= 0.3 is 0 Å². The second kappa shape index (κ2) is 5.28. The Hall–Kier alpha value is -1.64. The van der Waals surface area contributed by atoms with E-state index in [1.165, 1.54) is 8.71 Å². The third kappa shape index (κ3) is 2.50. The Balaban J connectivity index is 2.08. The number of imidazole rings is 1. The Morgan fingerprint density at radius 3 is 2.90 bits per heavy atom. The van der Waals surface area contributed by atoms with E-state index in [9.17, 15) is 13.2 Å². The highest BCUT2D eigenvalue weighted by molar-refractivity contribution is 7.89. The summed E-state index contributed by atoms with van der Waals surface area (Å²) < 4.78 is 28.3. The number of carbonyl (C=O) groups excluding carboxylic acids is 1. The minimum atomic E-state index is -3.81. The maximum absolute atomic E-state index is 12.8. The molecule has 0 spiro atoms. The smallest absolute Gasteiger partial charge is 0.262 e. The van der Waals surface area contributed by atoms with E-state index in [1.54, 1.807) is 24.4 Å². The van der Waals surface area contributed by atoms with Crippen molar-refractivity contribution in [2.24, 2.45) is 0 Å². The van der Waals surface area contributed by atoms with Gasteiger partial charge in [-0.05, 0) is 12.1 Å². The van der Waals surface area contributed by atoms with Gasteiger partial charge in [-0.15, -0.1) is 0 Å². The number of hydrogen-bond donors (Lipinski definition) is 1. The molecule has 1 aliphatic rings. The Morgan fingerprint density at radius 2 is 2.10 bits per heavy atom. The first kappa shape index (κ1) is 14.3. The van der Waals surface area contributed by atoms with Gasteiger partial charge in [0.15, 0.2) is 10.2 Å².